The molecule has 2 N–H and O–H groups in total. The van der Waals surface area contributed by atoms with Crippen molar-refractivity contribution in [2.24, 2.45) is 5.92 Å². The van der Waals surface area contributed by atoms with Crippen molar-refractivity contribution in [1.29, 1.82) is 0 Å². The molecule has 1 fully saturated rings. The maximum absolute atomic E-state index is 3.59. The molecular formula is C18H31N3. The van der Waals surface area contributed by atoms with Gasteiger partial charge in [0.15, 0.2) is 0 Å². The highest BCUT2D eigenvalue weighted by atomic mass is 15.1. The Bertz CT molecular complexity index is 376. The summed E-state index contributed by atoms with van der Waals surface area (Å²) in [7, 11) is 0. The lowest BCUT2D eigenvalue weighted by molar-refractivity contribution is 0.393. The minimum absolute atomic E-state index is 0.773. The van der Waals surface area contributed by atoms with Gasteiger partial charge in [-0.3, -0.25) is 0 Å². The summed E-state index contributed by atoms with van der Waals surface area (Å²) in [6.07, 6.45) is 5.07. The van der Waals surface area contributed by atoms with Crippen molar-refractivity contribution in [2.75, 3.05) is 42.9 Å². The normalized spacial score (nSPS) is 18.5. The van der Waals surface area contributed by atoms with E-state index in [2.05, 4.69) is 53.6 Å². The lowest BCUT2D eigenvalue weighted by atomic mass is 10.00. The standard InChI is InChI=1S/C18H31N3/c1-3-12-21(13-4-2)18-9-7-17(8-10-18)20-15-16-6-5-11-19-14-16/h7-10,16,19-20H,3-6,11-15H2,1-2H3. The first-order chi connectivity index (χ1) is 10.3. The van der Waals surface area contributed by atoms with Crippen LogP contribution in [-0.4, -0.2) is 32.7 Å². The van der Waals surface area contributed by atoms with Gasteiger partial charge in [-0.25, -0.2) is 0 Å². The van der Waals surface area contributed by atoms with E-state index in [-0.39, 0.29) is 0 Å². The average Bonchev–Trinajstić information content (AvgIpc) is 2.54. The molecule has 3 nitrogen and oxygen atoms in total. The van der Waals surface area contributed by atoms with Gasteiger partial charge in [0.25, 0.3) is 0 Å². The monoisotopic (exact) mass is 289 g/mol. The molecule has 0 aromatic heterocycles. The van der Waals surface area contributed by atoms with Crippen LogP contribution < -0.4 is 15.5 Å². The number of nitrogens with zero attached hydrogens (tertiary/aromatic N) is 1. The minimum Gasteiger partial charge on any atom is -0.385 e. The second-order valence-corrected chi connectivity index (χ2v) is 6.13. The Hall–Kier alpha value is -1.22. The fourth-order valence-electron chi connectivity index (χ4n) is 3.06. The quantitative estimate of drug-likeness (QED) is 0.763. The van der Waals surface area contributed by atoms with Crippen LogP contribution in [0.2, 0.25) is 0 Å². The zero-order valence-corrected chi connectivity index (χ0v) is 13.7. The summed E-state index contributed by atoms with van der Waals surface area (Å²) in [5.74, 6) is 0.773. The summed E-state index contributed by atoms with van der Waals surface area (Å²) in [4.78, 5) is 2.48. The predicted octanol–water partition coefficient (Wildman–Crippen LogP) is 3.72. The second kappa shape index (κ2) is 8.93. The topological polar surface area (TPSA) is 27.3 Å². The van der Waals surface area contributed by atoms with Crippen LogP contribution in [0.25, 0.3) is 0 Å². The van der Waals surface area contributed by atoms with E-state index in [9.17, 15) is 0 Å². The molecule has 118 valence electrons. The largest absolute Gasteiger partial charge is 0.385 e. The molecule has 1 saturated heterocycles. The predicted molar refractivity (Wildman–Crippen MR) is 93.3 cm³/mol. The van der Waals surface area contributed by atoms with Gasteiger partial charge in [0.2, 0.25) is 0 Å². The van der Waals surface area contributed by atoms with E-state index < -0.39 is 0 Å². The molecule has 1 aliphatic heterocycles. The van der Waals surface area contributed by atoms with E-state index in [1.54, 1.807) is 0 Å². The Kier molecular flexibility index (Phi) is 6.87. The minimum atomic E-state index is 0.773. The van der Waals surface area contributed by atoms with Gasteiger partial charge < -0.3 is 15.5 Å². The number of rotatable bonds is 8. The molecule has 3 heteroatoms. The van der Waals surface area contributed by atoms with E-state index >= 15 is 0 Å². The highest BCUT2D eigenvalue weighted by Gasteiger charge is 2.12. The molecule has 1 heterocycles. The summed E-state index contributed by atoms with van der Waals surface area (Å²) in [5.41, 5.74) is 2.60. The van der Waals surface area contributed by atoms with Gasteiger partial charge in [-0.1, -0.05) is 13.8 Å². The zero-order chi connectivity index (χ0) is 14.9. The van der Waals surface area contributed by atoms with Crippen LogP contribution in [0.3, 0.4) is 0 Å². The molecule has 0 aliphatic carbocycles. The zero-order valence-electron chi connectivity index (χ0n) is 13.7. The van der Waals surface area contributed by atoms with E-state index in [0.29, 0.717) is 0 Å². The maximum Gasteiger partial charge on any atom is 0.0367 e. The molecule has 1 aromatic carbocycles. The highest BCUT2D eigenvalue weighted by Crippen LogP contribution is 2.19. The van der Waals surface area contributed by atoms with Crippen molar-refractivity contribution in [3.63, 3.8) is 0 Å². The molecule has 0 spiro atoms. The SMILES string of the molecule is CCCN(CCC)c1ccc(NCC2CCCNC2)cc1. The summed E-state index contributed by atoms with van der Waals surface area (Å²) in [6.45, 7) is 10.2. The highest BCUT2D eigenvalue weighted by molar-refractivity contribution is 5.55. The Morgan fingerprint density at radius 1 is 1.14 bits per heavy atom. The molecule has 0 saturated carbocycles. The van der Waals surface area contributed by atoms with Crippen molar-refractivity contribution < 1.29 is 0 Å². The van der Waals surface area contributed by atoms with E-state index in [1.807, 2.05) is 0 Å². The van der Waals surface area contributed by atoms with Gasteiger partial charge in [0, 0.05) is 31.0 Å². The summed E-state index contributed by atoms with van der Waals surface area (Å²) in [6, 6.07) is 8.97. The number of hydrogen-bond donors (Lipinski definition) is 2. The molecule has 2 rings (SSSR count). The molecule has 21 heavy (non-hydrogen) atoms. The van der Waals surface area contributed by atoms with Gasteiger partial charge in [-0.05, 0) is 69.0 Å². The third-order valence-electron chi connectivity index (χ3n) is 4.21. The molecular weight excluding hydrogens is 258 g/mol. The van der Waals surface area contributed by atoms with Crippen LogP contribution in [0.5, 0.6) is 0 Å². The summed E-state index contributed by atoms with van der Waals surface area (Å²) < 4.78 is 0. The lowest BCUT2D eigenvalue weighted by Gasteiger charge is -2.25. The van der Waals surface area contributed by atoms with Crippen LogP contribution >= 0.6 is 0 Å². The molecule has 1 aliphatic rings. The van der Waals surface area contributed by atoms with Crippen LogP contribution in [-0.2, 0) is 0 Å². The Morgan fingerprint density at radius 2 is 1.86 bits per heavy atom. The molecule has 0 amide bonds. The average molecular weight is 289 g/mol. The van der Waals surface area contributed by atoms with Gasteiger partial charge in [-0.2, -0.15) is 0 Å². The van der Waals surface area contributed by atoms with Crippen LogP contribution in [0.15, 0.2) is 24.3 Å². The van der Waals surface area contributed by atoms with Gasteiger partial charge in [0.1, 0.15) is 0 Å². The number of hydrogen-bond acceptors (Lipinski definition) is 3. The summed E-state index contributed by atoms with van der Waals surface area (Å²) >= 11 is 0. The first kappa shape index (κ1) is 16.2. The first-order valence-corrected chi connectivity index (χ1v) is 8.63. The lowest BCUT2D eigenvalue weighted by Crippen LogP contribution is -2.33. The number of nitrogens with one attached hydrogen (secondary N) is 2. The van der Waals surface area contributed by atoms with Gasteiger partial charge >= 0.3 is 0 Å². The first-order valence-electron chi connectivity index (χ1n) is 8.63. The molecule has 0 radical (unpaired) electrons. The van der Waals surface area contributed by atoms with Crippen LogP contribution in [0, 0.1) is 5.92 Å². The number of anilines is 2. The number of benzene rings is 1. The molecule has 0 bridgehead atoms. The fraction of sp³-hybridized carbons (Fsp3) is 0.667. The van der Waals surface area contributed by atoms with Crippen molar-refractivity contribution in [2.45, 2.75) is 39.5 Å². The molecule has 1 unspecified atom stereocenters. The summed E-state index contributed by atoms with van der Waals surface area (Å²) in [5, 5.41) is 7.06. The van der Waals surface area contributed by atoms with E-state index in [4.69, 9.17) is 0 Å². The van der Waals surface area contributed by atoms with E-state index in [1.165, 1.54) is 43.6 Å². The van der Waals surface area contributed by atoms with Crippen molar-refractivity contribution in [1.82, 2.24) is 5.32 Å². The van der Waals surface area contributed by atoms with Crippen molar-refractivity contribution in [3.8, 4) is 0 Å². The fourth-order valence-corrected chi connectivity index (χ4v) is 3.06. The Balaban J connectivity index is 1.85. The molecule has 1 atom stereocenters. The maximum atomic E-state index is 3.59. The van der Waals surface area contributed by atoms with Gasteiger partial charge in [-0.15, -0.1) is 0 Å². The van der Waals surface area contributed by atoms with Crippen LogP contribution in [0.4, 0.5) is 11.4 Å². The molecule has 1 aromatic rings. The number of piperidine rings is 1. The van der Waals surface area contributed by atoms with Crippen LogP contribution in [0.1, 0.15) is 39.5 Å². The third-order valence-corrected chi connectivity index (χ3v) is 4.21. The van der Waals surface area contributed by atoms with Crippen molar-refractivity contribution >= 4 is 11.4 Å². The second-order valence-electron chi connectivity index (χ2n) is 6.13. The van der Waals surface area contributed by atoms with Gasteiger partial charge in [0.05, 0.1) is 0 Å². The smallest absolute Gasteiger partial charge is 0.0367 e. The Labute approximate surface area is 130 Å². The third kappa shape index (κ3) is 5.24. The van der Waals surface area contributed by atoms with E-state index in [0.717, 1.165) is 32.1 Å². The Morgan fingerprint density at radius 3 is 2.43 bits per heavy atom. The van der Waals surface area contributed by atoms with Crippen molar-refractivity contribution in [3.05, 3.63) is 24.3 Å².